The highest BCUT2D eigenvalue weighted by atomic mass is 79.9. The van der Waals surface area contributed by atoms with Crippen molar-refractivity contribution in [1.82, 2.24) is 0 Å². The summed E-state index contributed by atoms with van der Waals surface area (Å²) in [7, 11) is 1.61. The number of hydrogen-bond donors (Lipinski definition) is 0. The summed E-state index contributed by atoms with van der Waals surface area (Å²) in [5, 5.41) is 0. The van der Waals surface area contributed by atoms with E-state index in [-0.39, 0.29) is 5.97 Å². The van der Waals surface area contributed by atoms with E-state index >= 15 is 0 Å². The largest absolute Gasteiger partial charge is 0.496 e. The molecule has 0 atom stereocenters. The molecule has 74 valence electrons. The number of halogens is 1. The van der Waals surface area contributed by atoms with Crippen LogP contribution in [0.1, 0.15) is 21.5 Å². The molecule has 3 nitrogen and oxygen atoms in total. The maximum atomic E-state index is 11.3. The van der Waals surface area contributed by atoms with E-state index in [4.69, 9.17) is 9.47 Å². The average Bonchev–Trinajstić information content (AvgIpc) is 2.54. The van der Waals surface area contributed by atoms with Gasteiger partial charge in [0.1, 0.15) is 12.4 Å². The summed E-state index contributed by atoms with van der Waals surface area (Å²) in [5.41, 5.74) is 2.43. The van der Waals surface area contributed by atoms with Gasteiger partial charge in [-0.2, -0.15) is 0 Å². The van der Waals surface area contributed by atoms with E-state index in [0.29, 0.717) is 12.2 Å². The molecular weight excluding hydrogens is 248 g/mol. The molecule has 0 saturated carbocycles. The number of esters is 1. The van der Waals surface area contributed by atoms with Gasteiger partial charge in [0.05, 0.1) is 12.7 Å². The van der Waals surface area contributed by atoms with Crippen molar-refractivity contribution in [3.63, 3.8) is 0 Å². The van der Waals surface area contributed by atoms with Gasteiger partial charge in [0.25, 0.3) is 0 Å². The van der Waals surface area contributed by atoms with E-state index in [0.717, 1.165) is 21.3 Å². The molecule has 0 aromatic heterocycles. The zero-order valence-electron chi connectivity index (χ0n) is 7.89. The minimum absolute atomic E-state index is 0.266. The van der Waals surface area contributed by atoms with Crippen molar-refractivity contribution in [2.24, 2.45) is 0 Å². The van der Waals surface area contributed by atoms with E-state index in [1.165, 1.54) is 0 Å². The lowest BCUT2D eigenvalue weighted by molar-refractivity contribution is 0.0534. The fourth-order valence-electron chi connectivity index (χ4n) is 1.54. The molecule has 0 spiro atoms. The summed E-state index contributed by atoms with van der Waals surface area (Å²) >= 11 is 3.38. The predicted molar refractivity (Wildman–Crippen MR) is 54.6 cm³/mol. The van der Waals surface area contributed by atoms with E-state index in [2.05, 4.69) is 15.9 Å². The van der Waals surface area contributed by atoms with Crippen LogP contribution in [0.15, 0.2) is 10.5 Å². The van der Waals surface area contributed by atoms with Gasteiger partial charge >= 0.3 is 5.97 Å². The third-order valence-electron chi connectivity index (χ3n) is 2.33. The molecule has 2 rings (SSSR count). The number of rotatable bonds is 1. The van der Waals surface area contributed by atoms with Crippen LogP contribution >= 0.6 is 15.9 Å². The zero-order valence-corrected chi connectivity index (χ0v) is 9.47. The molecular formula is C10H9BrO3. The van der Waals surface area contributed by atoms with Gasteiger partial charge in [-0.3, -0.25) is 0 Å². The smallest absolute Gasteiger partial charge is 0.340 e. The second-order valence-electron chi connectivity index (χ2n) is 3.13. The minimum atomic E-state index is -0.266. The topological polar surface area (TPSA) is 35.5 Å². The molecule has 1 aromatic rings. The molecule has 1 aliphatic rings. The van der Waals surface area contributed by atoms with Crippen molar-refractivity contribution in [3.8, 4) is 5.75 Å². The zero-order chi connectivity index (χ0) is 10.3. The van der Waals surface area contributed by atoms with Gasteiger partial charge in [-0.15, -0.1) is 0 Å². The normalized spacial score (nSPS) is 13.8. The molecule has 0 fully saturated rings. The number of carbonyl (C=O) groups excluding carboxylic acids is 1. The Kier molecular flexibility index (Phi) is 2.23. The molecule has 1 aliphatic heterocycles. The summed E-state index contributed by atoms with van der Waals surface area (Å²) < 4.78 is 10.9. The van der Waals surface area contributed by atoms with E-state index < -0.39 is 0 Å². The molecule has 0 saturated heterocycles. The minimum Gasteiger partial charge on any atom is -0.496 e. The van der Waals surface area contributed by atoms with Gasteiger partial charge in [0.15, 0.2) is 0 Å². The van der Waals surface area contributed by atoms with Crippen LogP contribution in [-0.4, -0.2) is 13.1 Å². The molecule has 1 heterocycles. The van der Waals surface area contributed by atoms with Gasteiger partial charge < -0.3 is 9.47 Å². The van der Waals surface area contributed by atoms with Crippen molar-refractivity contribution >= 4 is 21.9 Å². The lowest BCUT2D eigenvalue weighted by atomic mass is 10.1. The maximum Gasteiger partial charge on any atom is 0.340 e. The summed E-state index contributed by atoms with van der Waals surface area (Å²) in [4.78, 5) is 11.3. The van der Waals surface area contributed by atoms with Crippen molar-refractivity contribution in [2.75, 3.05) is 7.11 Å². The number of carbonyl (C=O) groups is 1. The molecule has 0 aliphatic carbocycles. The standard InChI is InChI=1S/C10H9BrO3/c1-5-7(13-2)3-6-4-14-10(12)8(6)9(5)11/h3H,4H2,1-2H3. The van der Waals surface area contributed by atoms with Crippen LogP contribution in [0.5, 0.6) is 5.75 Å². The first-order valence-electron chi connectivity index (χ1n) is 4.18. The molecule has 0 bridgehead atoms. The quantitative estimate of drug-likeness (QED) is 0.725. The number of benzene rings is 1. The van der Waals surface area contributed by atoms with Crippen LogP contribution in [0.25, 0.3) is 0 Å². The summed E-state index contributed by atoms with van der Waals surface area (Å²) in [6.45, 7) is 2.23. The molecule has 14 heavy (non-hydrogen) atoms. The molecule has 0 amide bonds. The van der Waals surface area contributed by atoms with Gasteiger partial charge in [-0.25, -0.2) is 4.79 Å². The monoisotopic (exact) mass is 256 g/mol. The first-order chi connectivity index (χ1) is 6.65. The highest BCUT2D eigenvalue weighted by Gasteiger charge is 2.26. The van der Waals surface area contributed by atoms with Crippen molar-refractivity contribution in [1.29, 1.82) is 0 Å². The maximum absolute atomic E-state index is 11.3. The van der Waals surface area contributed by atoms with Crippen LogP contribution in [0.4, 0.5) is 0 Å². The number of fused-ring (bicyclic) bond motifs is 1. The third-order valence-corrected chi connectivity index (χ3v) is 3.32. The number of methoxy groups -OCH3 is 1. The highest BCUT2D eigenvalue weighted by molar-refractivity contribution is 9.10. The van der Waals surface area contributed by atoms with Crippen LogP contribution < -0.4 is 4.74 Å². The Hall–Kier alpha value is -1.03. The van der Waals surface area contributed by atoms with Crippen molar-refractivity contribution in [3.05, 3.63) is 27.2 Å². The molecule has 0 unspecified atom stereocenters. The Morgan fingerprint density at radius 1 is 1.57 bits per heavy atom. The Balaban J connectivity index is 2.69. The first-order valence-corrected chi connectivity index (χ1v) is 4.97. The Morgan fingerprint density at radius 2 is 2.29 bits per heavy atom. The summed E-state index contributed by atoms with van der Waals surface area (Å²) in [6, 6.07) is 1.85. The molecule has 0 N–H and O–H groups in total. The van der Waals surface area contributed by atoms with E-state index in [9.17, 15) is 4.79 Å². The number of hydrogen-bond acceptors (Lipinski definition) is 3. The SMILES string of the molecule is COc1cc2c(c(Br)c1C)C(=O)OC2. The van der Waals surface area contributed by atoms with E-state index in [1.807, 2.05) is 13.0 Å². The van der Waals surface area contributed by atoms with Crippen LogP contribution in [0.3, 0.4) is 0 Å². The highest BCUT2D eigenvalue weighted by Crippen LogP contribution is 2.36. The van der Waals surface area contributed by atoms with Crippen LogP contribution in [0.2, 0.25) is 0 Å². The Bertz CT molecular complexity index is 412. The predicted octanol–water partition coefficient (Wildman–Crippen LogP) is 2.44. The lowest BCUT2D eigenvalue weighted by Crippen LogP contribution is -1.98. The van der Waals surface area contributed by atoms with Crippen molar-refractivity contribution < 1.29 is 14.3 Å². The van der Waals surface area contributed by atoms with Crippen LogP contribution in [-0.2, 0) is 11.3 Å². The van der Waals surface area contributed by atoms with Gasteiger partial charge in [0, 0.05) is 15.6 Å². The Labute approximate surface area is 90.1 Å². The second kappa shape index (κ2) is 3.28. The fourth-order valence-corrected chi connectivity index (χ4v) is 2.15. The molecule has 1 aromatic carbocycles. The van der Waals surface area contributed by atoms with Gasteiger partial charge in [-0.05, 0) is 28.9 Å². The van der Waals surface area contributed by atoms with Gasteiger partial charge in [0.2, 0.25) is 0 Å². The molecule has 4 heteroatoms. The van der Waals surface area contributed by atoms with E-state index in [1.54, 1.807) is 7.11 Å². The summed E-state index contributed by atoms with van der Waals surface area (Å²) in [6.07, 6.45) is 0. The average molecular weight is 257 g/mol. The first kappa shape index (κ1) is 9.52. The van der Waals surface area contributed by atoms with Crippen molar-refractivity contribution in [2.45, 2.75) is 13.5 Å². The summed E-state index contributed by atoms with van der Waals surface area (Å²) in [5.74, 6) is 0.506. The lowest BCUT2D eigenvalue weighted by Gasteiger charge is -2.08. The number of cyclic esters (lactones) is 1. The molecule has 0 radical (unpaired) electrons. The fraction of sp³-hybridized carbons (Fsp3) is 0.300. The number of ether oxygens (including phenoxy) is 2. The second-order valence-corrected chi connectivity index (χ2v) is 3.92. The van der Waals surface area contributed by atoms with Crippen LogP contribution in [0, 0.1) is 6.92 Å². The van der Waals surface area contributed by atoms with Gasteiger partial charge in [-0.1, -0.05) is 0 Å². The Morgan fingerprint density at radius 3 is 2.93 bits per heavy atom. The third kappa shape index (κ3) is 1.21.